The fourth-order valence-electron chi connectivity index (χ4n) is 1.92. The Balaban J connectivity index is 2.20. The van der Waals surface area contributed by atoms with Crippen molar-refractivity contribution in [1.82, 2.24) is 0 Å². The largest absolute Gasteiger partial charge is 0.326 e. The quantitative estimate of drug-likeness (QED) is 0.728. The van der Waals surface area contributed by atoms with Crippen LogP contribution in [0.5, 0.6) is 0 Å². The Kier molecular flexibility index (Phi) is 7.58. The second-order valence-corrected chi connectivity index (χ2v) is 4.98. The number of nitrogens with two attached hydrogens (primary N) is 1. The van der Waals surface area contributed by atoms with Gasteiger partial charge in [0.05, 0.1) is 6.04 Å². The van der Waals surface area contributed by atoms with Gasteiger partial charge in [0.15, 0.2) is 0 Å². The lowest BCUT2D eigenvalue weighted by Crippen LogP contribution is -2.30. The molecule has 0 fully saturated rings. The number of amides is 1. The summed E-state index contributed by atoms with van der Waals surface area (Å²) in [7, 11) is 0. The Morgan fingerprint density at radius 1 is 1.15 bits per heavy atom. The molecule has 0 bridgehead atoms. The van der Waals surface area contributed by atoms with Gasteiger partial charge < -0.3 is 11.1 Å². The lowest BCUT2D eigenvalue weighted by molar-refractivity contribution is -0.121. The van der Waals surface area contributed by atoms with E-state index in [1.165, 1.54) is 0 Å². The van der Waals surface area contributed by atoms with Crippen LogP contribution in [0.2, 0.25) is 0 Å². The molecule has 0 heterocycles. The minimum absolute atomic E-state index is 0.0376. The number of ketones is 1. The van der Waals surface area contributed by atoms with Crippen LogP contribution in [0.15, 0.2) is 30.3 Å². The lowest BCUT2D eigenvalue weighted by atomic mass is 10.0. The van der Waals surface area contributed by atoms with Crippen molar-refractivity contribution >= 4 is 17.4 Å². The van der Waals surface area contributed by atoms with E-state index < -0.39 is 6.04 Å². The molecule has 0 saturated carbocycles. The van der Waals surface area contributed by atoms with Gasteiger partial charge in [0.25, 0.3) is 0 Å². The van der Waals surface area contributed by atoms with Gasteiger partial charge in [-0.05, 0) is 31.4 Å². The summed E-state index contributed by atoms with van der Waals surface area (Å²) in [6.07, 6.45) is 4.04. The zero-order valence-electron chi connectivity index (χ0n) is 12.1. The standard InChI is InChI=1S/C16H24N2O2/c1-2-3-11-15(19)14(17)10-7-12-16(20)18-13-8-5-4-6-9-13/h4-6,8-9,14H,2-3,7,10-12,17H2,1H3,(H,18,20). The van der Waals surface area contributed by atoms with Crippen molar-refractivity contribution in [3.63, 3.8) is 0 Å². The molecule has 1 aromatic rings. The fourth-order valence-corrected chi connectivity index (χ4v) is 1.92. The summed E-state index contributed by atoms with van der Waals surface area (Å²) in [5.41, 5.74) is 6.61. The van der Waals surface area contributed by atoms with Gasteiger partial charge in [-0.1, -0.05) is 31.5 Å². The van der Waals surface area contributed by atoms with Gasteiger partial charge in [-0.15, -0.1) is 0 Å². The van der Waals surface area contributed by atoms with E-state index in [9.17, 15) is 9.59 Å². The zero-order valence-corrected chi connectivity index (χ0v) is 12.1. The number of hydrogen-bond acceptors (Lipinski definition) is 3. The number of unbranched alkanes of at least 4 members (excludes halogenated alkanes) is 1. The average Bonchev–Trinajstić information content (AvgIpc) is 2.45. The Hall–Kier alpha value is -1.68. The summed E-state index contributed by atoms with van der Waals surface area (Å²) < 4.78 is 0. The van der Waals surface area contributed by atoms with Crippen molar-refractivity contribution in [3.8, 4) is 0 Å². The molecule has 0 radical (unpaired) electrons. The molecule has 3 N–H and O–H groups in total. The molecule has 0 aliphatic rings. The third-order valence-corrected chi connectivity index (χ3v) is 3.17. The molecule has 0 aliphatic heterocycles. The first-order valence-electron chi connectivity index (χ1n) is 7.26. The van der Waals surface area contributed by atoms with E-state index in [-0.39, 0.29) is 11.7 Å². The summed E-state index contributed by atoms with van der Waals surface area (Å²) in [5.74, 6) is 0.0692. The fraction of sp³-hybridized carbons (Fsp3) is 0.500. The first kappa shape index (κ1) is 16.4. The molecule has 4 heteroatoms. The molecule has 0 spiro atoms. The highest BCUT2D eigenvalue weighted by atomic mass is 16.1. The number of carbonyl (C=O) groups excluding carboxylic acids is 2. The first-order valence-corrected chi connectivity index (χ1v) is 7.26. The molecule has 4 nitrogen and oxygen atoms in total. The minimum atomic E-state index is -0.425. The van der Waals surface area contributed by atoms with Gasteiger partial charge in [0.2, 0.25) is 5.91 Å². The van der Waals surface area contributed by atoms with Crippen LogP contribution >= 0.6 is 0 Å². The van der Waals surface area contributed by atoms with Gasteiger partial charge in [-0.3, -0.25) is 9.59 Å². The van der Waals surface area contributed by atoms with Crippen LogP contribution in [0, 0.1) is 0 Å². The number of carbonyl (C=O) groups is 2. The molecular formula is C16H24N2O2. The molecule has 0 saturated heterocycles. The van der Waals surface area contributed by atoms with Gasteiger partial charge >= 0.3 is 0 Å². The first-order chi connectivity index (χ1) is 9.63. The summed E-state index contributed by atoms with van der Waals surface area (Å²) in [4.78, 5) is 23.3. The van der Waals surface area contributed by atoms with Crippen LogP contribution in [-0.2, 0) is 9.59 Å². The number of benzene rings is 1. The van der Waals surface area contributed by atoms with Crippen LogP contribution in [0.4, 0.5) is 5.69 Å². The van der Waals surface area contributed by atoms with E-state index in [1.54, 1.807) is 0 Å². The SMILES string of the molecule is CCCCC(=O)C(N)CCCC(=O)Nc1ccccc1. The smallest absolute Gasteiger partial charge is 0.224 e. The highest BCUT2D eigenvalue weighted by Gasteiger charge is 2.13. The Morgan fingerprint density at radius 3 is 2.50 bits per heavy atom. The topological polar surface area (TPSA) is 72.2 Å². The van der Waals surface area contributed by atoms with Crippen molar-refractivity contribution in [2.45, 2.75) is 51.5 Å². The molecule has 20 heavy (non-hydrogen) atoms. The van der Waals surface area contributed by atoms with E-state index in [2.05, 4.69) is 5.32 Å². The normalized spacial score (nSPS) is 11.9. The maximum Gasteiger partial charge on any atom is 0.224 e. The third kappa shape index (κ3) is 6.48. The predicted octanol–water partition coefficient (Wildman–Crippen LogP) is 2.88. The monoisotopic (exact) mass is 276 g/mol. The Labute approximate surface area is 120 Å². The Bertz CT molecular complexity index is 418. The van der Waals surface area contributed by atoms with E-state index in [0.29, 0.717) is 25.7 Å². The predicted molar refractivity (Wildman–Crippen MR) is 81.4 cm³/mol. The summed E-state index contributed by atoms with van der Waals surface area (Å²) in [6.45, 7) is 2.05. The molecular weight excluding hydrogens is 252 g/mol. The second-order valence-electron chi connectivity index (χ2n) is 4.98. The van der Waals surface area contributed by atoms with Crippen molar-refractivity contribution in [2.75, 3.05) is 5.32 Å². The van der Waals surface area contributed by atoms with Gasteiger partial charge in [-0.25, -0.2) is 0 Å². The summed E-state index contributed by atoms with van der Waals surface area (Å²) in [5, 5.41) is 2.81. The number of para-hydroxylation sites is 1. The van der Waals surface area contributed by atoms with Crippen LogP contribution in [0.3, 0.4) is 0 Å². The van der Waals surface area contributed by atoms with Gasteiger partial charge in [0.1, 0.15) is 5.78 Å². The van der Waals surface area contributed by atoms with E-state index in [4.69, 9.17) is 5.73 Å². The van der Waals surface area contributed by atoms with Crippen LogP contribution in [0.25, 0.3) is 0 Å². The number of hydrogen-bond donors (Lipinski definition) is 2. The van der Waals surface area contributed by atoms with Gasteiger partial charge in [0, 0.05) is 18.5 Å². The number of anilines is 1. The molecule has 110 valence electrons. The lowest BCUT2D eigenvalue weighted by Gasteiger charge is -2.10. The molecule has 1 amide bonds. The van der Waals surface area contributed by atoms with Crippen molar-refractivity contribution in [1.29, 1.82) is 0 Å². The van der Waals surface area contributed by atoms with E-state index in [1.807, 2.05) is 37.3 Å². The molecule has 1 rings (SSSR count). The Morgan fingerprint density at radius 2 is 1.85 bits per heavy atom. The second kappa shape index (κ2) is 9.26. The maximum atomic E-state index is 11.7. The molecule has 1 atom stereocenters. The van der Waals surface area contributed by atoms with Crippen molar-refractivity contribution < 1.29 is 9.59 Å². The number of nitrogens with one attached hydrogen (secondary N) is 1. The third-order valence-electron chi connectivity index (χ3n) is 3.17. The summed E-state index contributed by atoms with van der Waals surface area (Å²) in [6, 6.07) is 8.91. The van der Waals surface area contributed by atoms with Crippen LogP contribution in [-0.4, -0.2) is 17.7 Å². The van der Waals surface area contributed by atoms with Crippen molar-refractivity contribution in [3.05, 3.63) is 30.3 Å². The van der Waals surface area contributed by atoms with E-state index in [0.717, 1.165) is 18.5 Å². The minimum Gasteiger partial charge on any atom is -0.326 e. The molecule has 0 aromatic heterocycles. The molecule has 1 unspecified atom stereocenters. The average molecular weight is 276 g/mol. The molecule has 0 aliphatic carbocycles. The molecule has 1 aromatic carbocycles. The highest BCUT2D eigenvalue weighted by Crippen LogP contribution is 2.08. The highest BCUT2D eigenvalue weighted by molar-refractivity contribution is 5.90. The van der Waals surface area contributed by atoms with Crippen LogP contribution < -0.4 is 11.1 Å². The van der Waals surface area contributed by atoms with Crippen molar-refractivity contribution in [2.24, 2.45) is 5.73 Å². The van der Waals surface area contributed by atoms with Crippen LogP contribution in [0.1, 0.15) is 45.4 Å². The zero-order chi connectivity index (χ0) is 14.8. The maximum absolute atomic E-state index is 11.7. The number of rotatable bonds is 9. The van der Waals surface area contributed by atoms with Gasteiger partial charge in [-0.2, -0.15) is 0 Å². The van der Waals surface area contributed by atoms with E-state index >= 15 is 0 Å². The number of Topliss-reactive ketones (excluding diaryl/α,β-unsaturated/α-hetero) is 1. The summed E-state index contributed by atoms with van der Waals surface area (Å²) >= 11 is 0.